The van der Waals surface area contributed by atoms with Crippen LogP contribution >= 0.6 is 27.3 Å². The zero-order valence-corrected chi connectivity index (χ0v) is 17.7. The normalized spacial score (nSPS) is 21.5. The zero-order chi connectivity index (χ0) is 18.8. The maximum Gasteiger partial charge on any atom is 0.252 e. The summed E-state index contributed by atoms with van der Waals surface area (Å²) in [4.78, 5) is 12.8. The molecule has 0 unspecified atom stereocenters. The van der Waals surface area contributed by atoms with Gasteiger partial charge in [-0.1, -0.05) is 30.3 Å². The Morgan fingerprint density at radius 2 is 2.00 bits per heavy atom. The number of nitrogens with zero attached hydrogens (tertiary/aromatic N) is 1. The van der Waals surface area contributed by atoms with E-state index in [1.54, 1.807) is 12.1 Å². The number of sulfonamides is 1. The Kier molecular flexibility index (Phi) is 5.86. The second-order valence-corrected chi connectivity index (χ2v) is 11.4. The summed E-state index contributed by atoms with van der Waals surface area (Å²) in [5, 5.41) is 2.96. The van der Waals surface area contributed by atoms with Crippen molar-refractivity contribution in [2.75, 3.05) is 13.1 Å². The van der Waals surface area contributed by atoms with Crippen LogP contribution in [0.15, 0.2) is 50.5 Å². The summed E-state index contributed by atoms with van der Waals surface area (Å²) < 4.78 is 28.3. The number of rotatable bonds is 5. The predicted molar refractivity (Wildman–Crippen MR) is 106 cm³/mol. The molecular weight excluding hydrogens is 436 g/mol. The van der Waals surface area contributed by atoms with Gasteiger partial charge in [0.05, 0.1) is 9.20 Å². The number of nitrogens with one attached hydrogen (secondary N) is 1. The Labute approximate surface area is 166 Å². The molecule has 1 aliphatic rings. The van der Waals surface area contributed by atoms with Crippen LogP contribution in [0.25, 0.3) is 0 Å². The second-order valence-electron chi connectivity index (χ2n) is 6.73. The first-order chi connectivity index (χ1) is 12.3. The van der Waals surface area contributed by atoms with Gasteiger partial charge >= 0.3 is 0 Å². The molecule has 0 bridgehead atoms. The van der Waals surface area contributed by atoms with Crippen LogP contribution in [0.1, 0.15) is 25.3 Å². The van der Waals surface area contributed by atoms with E-state index in [1.165, 1.54) is 15.6 Å². The number of carbonyl (C=O) groups is 1. The standard InChI is InChI=1S/C18H21BrN2O3S2/c1-18(17(22)20-12-14-6-3-2-4-7-14)10-5-11-21(13-18)26(23,24)16-9-8-15(19)25-16/h2-4,6-9H,5,10-13H2,1H3,(H,20,22)/t18-/m0/s1. The number of hydrogen-bond acceptors (Lipinski definition) is 4. The van der Waals surface area contributed by atoms with Crippen molar-refractivity contribution in [1.82, 2.24) is 9.62 Å². The van der Waals surface area contributed by atoms with Gasteiger partial charge in [0.25, 0.3) is 10.0 Å². The molecule has 1 saturated heterocycles. The first-order valence-electron chi connectivity index (χ1n) is 8.39. The van der Waals surface area contributed by atoms with Crippen molar-refractivity contribution >= 4 is 43.2 Å². The number of carbonyl (C=O) groups excluding carboxylic acids is 1. The van der Waals surface area contributed by atoms with Crippen molar-refractivity contribution in [1.29, 1.82) is 0 Å². The highest BCUT2D eigenvalue weighted by Gasteiger charge is 2.42. The molecule has 1 N–H and O–H groups in total. The summed E-state index contributed by atoms with van der Waals surface area (Å²) in [5.74, 6) is -0.103. The predicted octanol–water partition coefficient (Wildman–Crippen LogP) is 3.62. The molecular formula is C18H21BrN2O3S2. The van der Waals surface area contributed by atoms with E-state index in [0.717, 1.165) is 9.35 Å². The third-order valence-corrected chi connectivity index (χ3v) is 8.58. The smallest absolute Gasteiger partial charge is 0.252 e. The van der Waals surface area contributed by atoms with E-state index >= 15 is 0 Å². The highest BCUT2D eigenvalue weighted by molar-refractivity contribution is 9.11. The highest BCUT2D eigenvalue weighted by atomic mass is 79.9. The van der Waals surface area contributed by atoms with E-state index in [4.69, 9.17) is 0 Å². The number of piperidine rings is 1. The van der Waals surface area contributed by atoms with Crippen LogP contribution in [0.5, 0.6) is 0 Å². The average molecular weight is 457 g/mol. The molecule has 1 aromatic carbocycles. The second kappa shape index (κ2) is 7.80. The minimum atomic E-state index is -3.57. The van der Waals surface area contributed by atoms with Gasteiger partial charge in [-0.2, -0.15) is 4.31 Å². The summed E-state index contributed by atoms with van der Waals surface area (Å²) in [7, 11) is -3.57. The fraction of sp³-hybridized carbons (Fsp3) is 0.389. The van der Waals surface area contributed by atoms with E-state index in [9.17, 15) is 13.2 Å². The SMILES string of the molecule is C[C@]1(C(=O)NCc2ccccc2)CCCN(S(=O)(=O)c2ccc(Br)s2)C1. The lowest BCUT2D eigenvalue weighted by Gasteiger charge is -2.38. The fourth-order valence-electron chi connectivity index (χ4n) is 3.14. The molecule has 1 atom stereocenters. The molecule has 1 aliphatic heterocycles. The quantitative estimate of drug-likeness (QED) is 0.746. The summed E-state index contributed by atoms with van der Waals surface area (Å²) in [6.45, 7) is 2.93. The van der Waals surface area contributed by atoms with Gasteiger partial charge in [-0.3, -0.25) is 4.79 Å². The molecule has 1 amide bonds. The van der Waals surface area contributed by atoms with Gasteiger partial charge in [-0.25, -0.2) is 8.42 Å². The summed E-state index contributed by atoms with van der Waals surface area (Å²) in [5.41, 5.74) is 0.294. The van der Waals surface area contributed by atoms with Gasteiger partial charge in [-0.15, -0.1) is 11.3 Å². The van der Waals surface area contributed by atoms with Crippen molar-refractivity contribution in [2.24, 2.45) is 5.41 Å². The Morgan fingerprint density at radius 1 is 1.27 bits per heavy atom. The Balaban J connectivity index is 1.71. The Hall–Kier alpha value is -1.22. The monoisotopic (exact) mass is 456 g/mol. The number of hydrogen-bond donors (Lipinski definition) is 1. The highest BCUT2D eigenvalue weighted by Crippen LogP contribution is 2.35. The number of benzene rings is 1. The van der Waals surface area contributed by atoms with E-state index in [-0.39, 0.29) is 12.5 Å². The van der Waals surface area contributed by atoms with Crippen LogP contribution in [0.4, 0.5) is 0 Å². The van der Waals surface area contributed by atoms with Gasteiger partial charge < -0.3 is 5.32 Å². The van der Waals surface area contributed by atoms with E-state index in [0.29, 0.717) is 30.1 Å². The lowest BCUT2D eigenvalue weighted by Crippen LogP contribution is -2.51. The molecule has 0 aliphatic carbocycles. The summed E-state index contributed by atoms with van der Waals surface area (Å²) in [6, 6.07) is 13.0. The van der Waals surface area contributed by atoms with Crippen LogP contribution in [0.2, 0.25) is 0 Å². The van der Waals surface area contributed by atoms with Gasteiger partial charge in [-0.05, 0) is 53.4 Å². The van der Waals surface area contributed by atoms with Crippen molar-refractivity contribution < 1.29 is 13.2 Å². The molecule has 0 spiro atoms. The Morgan fingerprint density at radius 3 is 2.65 bits per heavy atom. The van der Waals surface area contributed by atoms with Crippen molar-refractivity contribution in [2.45, 2.75) is 30.5 Å². The van der Waals surface area contributed by atoms with Gasteiger partial charge in [0, 0.05) is 19.6 Å². The molecule has 140 valence electrons. The van der Waals surface area contributed by atoms with E-state index < -0.39 is 15.4 Å². The lowest BCUT2D eigenvalue weighted by molar-refractivity contribution is -0.132. The largest absolute Gasteiger partial charge is 0.352 e. The molecule has 2 heterocycles. The van der Waals surface area contributed by atoms with Crippen LogP contribution in [0.3, 0.4) is 0 Å². The maximum absolute atomic E-state index is 12.9. The molecule has 5 nitrogen and oxygen atoms in total. The number of amides is 1. The van der Waals surface area contributed by atoms with Crippen LogP contribution in [-0.4, -0.2) is 31.7 Å². The minimum Gasteiger partial charge on any atom is -0.352 e. The van der Waals surface area contributed by atoms with E-state index in [1.807, 2.05) is 37.3 Å². The van der Waals surface area contributed by atoms with Crippen molar-refractivity contribution in [3.05, 3.63) is 51.8 Å². The molecule has 26 heavy (non-hydrogen) atoms. The third kappa shape index (κ3) is 4.19. The molecule has 3 rings (SSSR count). The molecule has 1 fully saturated rings. The summed E-state index contributed by atoms with van der Waals surface area (Å²) >= 11 is 4.50. The lowest BCUT2D eigenvalue weighted by atomic mass is 9.82. The van der Waals surface area contributed by atoms with Crippen molar-refractivity contribution in [3.63, 3.8) is 0 Å². The molecule has 0 radical (unpaired) electrons. The molecule has 2 aromatic rings. The summed E-state index contributed by atoms with van der Waals surface area (Å²) in [6.07, 6.45) is 1.34. The minimum absolute atomic E-state index is 0.103. The maximum atomic E-state index is 12.9. The first-order valence-corrected chi connectivity index (χ1v) is 11.4. The first kappa shape index (κ1) is 19.5. The molecule has 1 aromatic heterocycles. The van der Waals surface area contributed by atoms with Crippen LogP contribution in [-0.2, 0) is 21.4 Å². The fourth-order valence-corrected chi connectivity index (χ4v) is 6.91. The van der Waals surface area contributed by atoms with Gasteiger partial charge in [0.15, 0.2) is 0 Å². The molecule has 0 saturated carbocycles. The van der Waals surface area contributed by atoms with Crippen LogP contribution in [0, 0.1) is 5.41 Å². The van der Waals surface area contributed by atoms with Crippen molar-refractivity contribution in [3.8, 4) is 0 Å². The number of halogens is 1. The van der Waals surface area contributed by atoms with Gasteiger partial charge in [0.1, 0.15) is 4.21 Å². The van der Waals surface area contributed by atoms with Gasteiger partial charge in [0.2, 0.25) is 5.91 Å². The average Bonchev–Trinajstić information content (AvgIpc) is 3.08. The molecule has 8 heteroatoms. The zero-order valence-electron chi connectivity index (χ0n) is 14.4. The topological polar surface area (TPSA) is 66.5 Å². The Bertz CT molecular complexity index is 883. The number of thiophene rings is 1. The van der Waals surface area contributed by atoms with Crippen LogP contribution < -0.4 is 5.32 Å². The van der Waals surface area contributed by atoms with E-state index in [2.05, 4.69) is 21.2 Å². The third-order valence-electron chi connectivity index (χ3n) is 4.65.